The van der Waals surface area contributed by atoms with Gasteiger partial charge in [0.1, 0.15) is 5.75 Å². The van der Waals surface area contributed by atoms with E-state index in [4.69, 9.17) is 4.74 Å². The van der Waals surface area contributed by atoms with Gasteiger partial charge in [-0.1, -0.05) is 12.1 Å². The number of nitrogens with zero attached hydrogens (tertiary/aromatic N) is 1. The molecule has 40 heavy (non-hydrogen) atoms. The second kappa shape index (κ2) is 10.2. The van der Waals surface area contributed by atoms with Crippen molar-refractivity contribution in [1.29, 1.82) is 0 Å². The van der Waals surface area contributed by atoms with E-state index in [2.05, 4.69) is 9.46 Å². The summed E-state index contributed by atoms with van der Waals surface area (Å²) in [5.41, 5.74) is -0.441. The Labute approximate surface area is 225 Å². The summed E-state index contributed by atoms with van der Waals surface area (Å²) in [5, 5.41) is 11.4. The number of aliphatic hydroxyl groups is 1. The molecule has 7 nitrogen and oxygen atoms in total. The van der Waals surface area contributed by atoms with Crippen molar-refractivity contribution in [3.05, 3.63) is 72.3 Å². The van der Waals surface area contributed by atoms with Gasteiger partial charge in [-0.25, -0.2) is 13.1 Å². The second-order valence-corrected chi connectivity index (χ2v) is 11.1. The lowest BCUT2D eigenvalue weighted by Gasteiger charge is -2.45. The van der Waals surface area contributed by atoms with E-state index in [1.807, 2.05) is 0 Å². The molecule has 2 N–H and O–H groups in total. The third-order valence-electron chi connectivity index (χ3n) is 6.72. The largest absolute Gasteiger partial charge is 0.573 e. The van der Waals surface area contributed by atoms with Crippen molar-refractivity contribution in [2.24, 2.45) is 0 Å². The van der Waals surface area contributed by atoms with Crippen LogP contribution in [-0.4, -0.2) is 38.1 Å². The number of hydrogen-bond donors (Lipinski definition) is 2. The van der Waals surface area contributed by atoms with E-state index in [1.165, 1.54) is 11.0 Å². The number of alkyl halides is 6. The number of anilines is 2. The van der Waals surface area contributed by atoms with Gasteiger partial charge in [0.15, 0.2) is 11.5 Å². The van der Waals surface area contributed by atoms with Crippen molar-refractivity contribution < 1.29 is 49.3 Å². The van der Waals surface area contributed by atoms with Gasteiger partial charge < -0.3 is 19.5 Å². The van der Waals surface area contributed by atoms with E-state index < -0.39 is 52.1 Å². The van der Waals surface area contributed by atoms with Gasteiger partial charge in [-0.3, -0.25) is 0 Å². The van der Waals surface area contributed by atoms with Gasteiger partial charge in [-0.2, -0.15) is 13.2 Å². The zero-order valence-corrected chi connectivity index (χ0v) is 21.2. The fourth-order valence-corrected chi connectivity index (χ4v) is 6.26. The van der Waals surface area contributed by atoms with Crippen molar-refractivity contribution in [3.8, 4) is 17.2 Å². The zero-order chi connectivity index (χ0) is 28.9. The molecule has 2 unspecified atom stereocenters. The molecule has 0 amide bonds. The smallest absolute Gasteiger partial charge is 0.453 e. The van der Waals surface area contributed by atoms with Gasteiger partial charge >= 0.3 is 12.5 Å². The highest BCUT2D eigenvalue weighted by Crippen LogP contribution is 2.50. The Morgan fingerprint density at radius 1 is 0.900 bits per heavy atom. The van der Waals surface area contributed by atoms with Crippen LogP contribution in [0.2, 0.25) is 0 Å². The molecule has 1 heterocycles. The molecule has 3 aromatic rings. The first-order valence-corrected chi connectivity index (χ1v) is 13.5. The summed E-state index contributed by atoms with van der Waals surface area (Å²) in [6.07, 6.45) is -9.99. The van der Waals surface area contributed by atoms with Gasteiger partial charge in [0.2, 0.25) is 10.0 Å². The number of aliphatic hydroxyl groups excluding tert-OH is 1. The lowest BCUT2D eigenvalue weighted by molar-refractivity contribution is -0.274. The summed E-state index contributed by atoms with van der Waals surface area (Å²) >= 11 is 0. The number of nitrogens with one attached hydrogen (secondary N) is 1. The van der Waals surface area contributed by atoms with Crippen LogP contribution in [0.5, 0.6) is 17.2 Å². The predicted octanol–water partition coefficient (Wildman–Crippen LogP) is 6.11. The molecule has 3 aromatic carbocycles. The van der Waals surface area contributed by atoms with Crippen molar-refractivity contribution in [2.45, 2.75) is 54.9 Å². The number of para-hydroxylation sites is 2. The van der Waals surface area contributed by atoms with Crippen LogP contribution < -0.4 is 19.1 Å². The fraction of sp³-hybridized carbons (Fsp3) is 0.308. The number of hydrogen-bond acceptors (Lipinski definition) is 6. The minimum Gasteiger partial charge on any atom is -0.453 e. The molecule has 14 heteroatoms. The maximum Gasteiger partial charge on any atom is 0.573 e. The summed E-state index contributed by atoms with van der Waals surface area (Å²) in [6.45, 7) is 0. The molecule has 2 aliphatic rings. The zero-order valence-electron chi connectivity index (χ0n) is 20.4. The molecule has 1 fully saturated rings. The van der Waals surface area contributed by atoms with Crippen molar-refractivity contribution in [1.82, 2.24) is 4.72 Å². The van der Waals surface area contributed by atoms with Crippen LogP contribution in [0.1, 0.15) is 24.8 Å². The minimum atomic E-state index is -4.95. The molecule has 5 rings (SSSR count). The number of halogens is 6. The number of fused-ring (bicyclic) bond motifs is 2. The van der Waals surface area contributed by atoms with Gasteiger partial charge in [-0.15, -0.1) is 13.2 Å². The van der Waals surface area contributed by atoms with Crippen LogP contribution >= 0.6 is 0 Å². The summed E-state index contributed by atoms with van der Waals surface area (Å²) in [7, 11) is -4.29. The molecule has 1 aliphatic carbocycles. The van der Waals surface area contributed by atoms with Crippen LogP contribution in [0.3, 0.4) is 0 Å². The molecule has 1 aliphatic heterocycles. The van der Waals surface area contributed by atoms with Gasteiger partial charge in [0.25, 0.3) is 0 Å². The normalized spacial score (nSPS) is 21.3. The highest BCUT2D eigenvalue weighted by molar-refractivity contribution is 7.89. The van der Waals surface area contributed by atoms with Gasteiger partial charge in [0, 0.05) is 0 Å². The minimum absolute atomic E-state index is 0.0707. The Kier molecular flexibility index (Phi) is 7.13. The fourth-order valence-electron chi connectivity index (χ4n) is 4.97. The summed E-state index contributed by atoms with van der Waals surface area (Å²) in [5.74, 6) is -0.110. The first-order valence-electron chi connectivity index (χ1n) is 12.1. The molecule has 0 aromatic heterocycles. The third kappa shape index (κ3) is 5.69. The first-order chi connectivity index (χ1) is 18.7. The monoisotopic (exact) mass is 588 g/mol. The predicted molar refractivity (Wildman–Crippen MR) is 131 cm³/mol. The van der Waals surface area contributed by atoms with Crippen LogP contribution in [0, 0.1) is 0 Å². The van der Waals surface area contributed by atoms with Crippen molar-refractivity contribution in [3.63, 3.8) is 0 Å². The number of ether oxygens (including phenoxy) is 2. The van der Waals surface area contributed by atoms with Crippen molar-refractivity contribution in [2.75, 3.05) is 4.90 Å². The maximum atomic E-state index is 13.6. The van der Waals surface area contributed by atoms with E-state index in [1.54, 1.807) is 24.3 Å². The molecule has 214 valence electrons. The van der Waals surface area contributed by atoms with E-state index in [9.17, 15) is 39.9 Å². The Hall–Kier alpha value is -3.49. The molecule has 0 bridgehead atoms. The molecule has 0 radical (unpaired) electrons. The number of rotatable bonds is 5. The molecular formula is C26H22F6N2O5S. The lowest BCUT2D eigenvalue weighted by atomic mass is 9.86. The standard InChI is InChI=1S/C26H22F6N2O5S/c27-25(28,29)15-8-13-23-21(14-15)34(19-5-1-2-7-22(19)38-23)20-6-3-4-18(24(20)35)33-40(36,37)17-11-9-16(10-12-17)39-26(30,31)32/h1-2,5,7-14,18,20,24,33,35H,3-4,6H2/t18?,20?,24-/m0/s1. The highest BCUT2D eigenvalue weighted by Gasteiger charge is 2.42. The van der Waals surface area contributed by atoms with Gasteiger partial charge in [-0.05, 0) is 73.9 Å². The van der Waals surface area contributed by atoms with Crippen LogP contribution in [0.25, 0.3) is 0 Å². The number of sulfonamides is 1. The summed E-state index contributed by atoms with van der Waals surface area (Å²) in [6, 6.07) is 11.3. The van der Waals surface area contributed by atoms with E-state index >= 15 is 0 Å². The Morgan fingerprint density at radius 3 is 2.25 bits per heavy atom. The maximum absolute atomic E-state index is 13.6. The van der Waals surface area contributed by atoms with Gasteiger partial charge in [0.05, 0.1) is 40.0 Å². The molecule has 1 saturated carbocycles. The summed E-state index contributed by atoms with van der Waals surface area (Å²) in [4.78, 5) is 1.19. The van der Waals surface area contributed by atoms with E-state index in [-0.39, 0.29) is 22.8 Å². The van der Waals surface area contributed by atoms with E-state index in [0.29, 0.717) is 24.3 Å². The highest BCUT2D eigenvalue weighted by atomic mass is 32.2. The number of benzene rings is 3. The Balaban J connectivity index is 1.44. The molecule has 0 saturated heterocycles. The third-order valence-corrected chi connectivity index (χ3v) is 8.22. The molecule has 3 atom stereocenters. The molecular weight excluding hydrogens is 566 g/mol. The van der Waals surface area contributed by atoms with E-state index in [0.717, 1.165) is 36.4 Å². The van der Waals surface area contributed by atoms with Crippen LogP contribution in [0.15, 0.2) is 71.6 Å². The first kappa shape index (κ1) is 28.1. The lowest BCUT2D eigenvalue weighted by Crippen LogP contribution is -2.56. The Bertz CT molecular complexity index is 1490. The van der Waals surface area contributed by atoms with Crippen LogP contribution in [0.4, 0.5) is 37.7 Å². The topological polar surface area (TPSA) is 88.1 Å². The average Bonchev–Trinajstić information content (AvgIpc) is 2.87. The summed E-state index contributed by atoms with van der Waals surface area (Å²) < 4.78 is 116. The second-order valence-electron chi connectivity index (χ2n) is 9.36. The van der Waals surface area contributed by atoms with Crippen LogP contribution in [-0.2, 0) is 16.2 Å². The molecule has 0 spiro atoms. The SMILES string of the molecule is O=S(=O)(NC1CCCC(N2c3ccccc3Oc3ccc(C(F)(F)F)cc32)[C@H]1O)c1ccc(OC(F)(F)F)cc1. The quantitative estimate of drug-likeness (QED) is 0.350. The average molecular weight is 589 g/mol. The van der Waals surface area contributed by atoms with Crippen molar-refractivity contribution >= 4 is 21.4 Å². The Morgan fingerprint density at radius 2 is 1.57 bits per heavy atom.